The second-order valence-electron chi connectivity index (χ2n) is 10.6. The molecule has 32 heavy (non-hydrogen) atoms. The molecule has 170 valence electrons. The SMILES string of the molecule is CCC(Cc1ccccc1)(c1cccc(OC(C)(C)C)c1)c1cccc(OC(C)(C)C)c1. The van der Waals surface area contributed by atoms with Crippen molar-refractivity contribution in [1.82, 2.24) is 0 Å². The Hall–Kier alpha value is -2.74. The van der Waals surface area contributed by atoms with Crippen LogP contribution in [-0.2, 0) is 11.8 Å². The van der Waals surface area contributed by atoms with E-state index < -0.39 is 0 Å². The first kappa shape index (κ1) is 23.9. The highest BCUT2D eigenvalue weighted by Crippen LogP contribution is 2.41. The maximum absolute atomic E-state index is 6.23. The summed E-state index contributed by atoms with van der Waals surface area (Å²) in [6.07, 6.45) is 1.86. The van der Waals surface area contributed by atoms with E-state index in [1.165, 1.54) is 16.7 Å². The van der Waals surface area contributed by atoms with Crippen LogP contribution in [0.1, 0.15) is 71.6 Å². The minimum atomic E-state index is -0.243. The van der Waals surface area contributed by atoms with Crippen molar-refractivity contribution in [1.29, 1.82) is 0 Å². The predicted molar refractivity (Wildman–Crippen MR) is 135 cm³/mol. The molecule has 0 aromatic heterocycles. The molecule has 0 unspecified atom stereocenters. The van der Waals surface area contributed by atoms with Crippen LogP contribution in [0.4, 0.5) is 0 Å². The molecule has 0 saturated heterocycles. The number of hydrogen-bond acceptors (Lipinski definition) is 2. The van der Waals surface area contributed by atoms with E-state index in [0.717, 1.165) is 24.3 Å². The summed E-state index contributed by atoms with van der Waals surface area (Å²) in [4.78, 5) is 0. The number of ether oxygens (including phenoxy) is 2. The summed E-state index contributed by atoms with van der Waals surface area (Å²) < 4.78 is 12.5. The molecule has 0 aliphatic rings. The van der Waals surface area contributed by atoms with Crippen LogP contribution in [0.2, 0.25) is 0 Å². The summed E-state index contributed by atoms with van der Waals surface area (Å²) in [6, 6.07) is 28.0. The van der Waals surface area contributed by atoms with Gasteiger partial charge in [0.05, 0.1) is 0 Å². The average Bonchev–Trinajstić information content (AvgIpc) is 2.71. The van der Waals surface area contributed by atoms with Crippen molar-refractivity contribution < 1.29 is 9.47 Å². The molecule has 0 atom stereocenters. The maximum atomic E-state index is 6.23. The van der Waals surface area contributed by atoms with Gasteiger partial charge in [0.1, 0.15) is 22.7 Å². The van der Waals surface area contributed by atoms with E-state index in [1.54, 1.807) is 0 Å². The second-order valence-corrected chi connectivity index (χ2v) is 10.6. The fourth-order valence-electron chi connectivity index (χ4n) is 4.27. The van der Waals surface area contributed by atoms with Gasteiger partial charge in [-0.2, -0.15) is 0 Å². The normalized spacial score (nSPS) is 12.5. The van der Waals surface area contributed by atoms with Gasteiger partial charge in [0.25, 0.3) is 0 Å². The van der Waals surface area contributed by atoms with E-state index in [4.69, 9.17) is 9.47 Å². The second kappa shape index (κ2) is 9.40. The first-order chi connectivity index (χ1) is 15.0. The third-order valence-electron chi connectivity index (χ3n) is 5.57. The highest BCUT2D eigenvalue weighted by atomic mass is 16.5. The van der Waals surface area contributed by atoms with Crippen LogP contribution in [-0.4, -0.2) is 11.2 Å². The topological polar surface area (TPSA) is 18.5 Å². The van der Waals surface area contributed by atoms with Crippen LogP contribution in [0.15, 0.2) is 78.9 Å². The van der Waals surface area contributed by atoms with Gasteiger partial charge in [-0.3, -0.25) is 0 Å². The fourth-order valence-corrected chi connectivity index (χ4v) is 4.27. The van der Waals surface area contributed by atoms with E-state index in [2.05, 4.69) is 127 Å². The Labute approximate surface area is 194 Å². The minimum absolute atomic E-state index is 0.199. The van der Waals surface area contributed by atoms with Crippen molar-refractivity contribution >= 4 is 0 Å². The molecule has 0 aliphatic carbocycles. The Kier molecular flexibility index (Phi) is 7.03. The molecule has 0 N–H and O–H groups in total. The zero-order chi connectivity index (χ0) is 23.4. The van der Waals surface area contributed by atoms with Gasteiger partial charge in [-0.1, -0.05) is 61.5 Å². The predicted octanol–water partition coefficient (Wildman–Crippen LogP) is 7.98. The summed E-state index contributed by atoms with van der Waals surface area (Å²) in [5.41, 5.74) is 3.16. The largest absolute Gasteiger partial charge is 0.488 e. The maximum Gasteiger partial charge on any atom is 0.120 e. The van der Waals surface area contributed by atoms with Crippen LogP contribution in [0, 0.1) is 0 Å². The molecule has 0 saturated carbocycles. The third-order valence-corrected chi connectivity index (χ3v) is 5.57. The monoisotopic (exact) mass is 430 g/mol. The highest BCUT2D eigenvalue weighted by molar-refractivity contribution is 5.46. The zero-order valence-corrected chi connectivity index (χ0v) is 20.7. The van der Waals surface area contributed by atoms with Crippen LogP contribution in [0.3, 0.4) is 0 Å². The van der Waals surface area contributed by atoms with Gasteiger partial charge in [0, 0.05) is 5.41 Å². The van der Waals surface area contributed by atoms with Gasteiger partial charge in [0.2, 0.25) is 0 Å². The molecule has 2 heteroatoms. The molecule has 0 heterocycles. The van der Waals surface area contributed by atoms with Crippen LogP contribution < -0.4 is 9.47 Å². The highest BCUT2D eigenvalue weighted by Gasteiger charge is 2.34. The average molecular weight is 431 g/mol. The molecule has 0 bridgehead atoms. The molecule has 3 aromatic carbocycles. The smallest absolute Gasteiger partial charge is 0.120 e. The van der Waals surface area contributed by atoms with Crippen LogP contribution >= 0.6 is 0 Å². The standard InChI is InChI=1S/C30H38O2/c1-8-30(22-23-14-10-9-11-15-23,24-16-12-18-26(20-24)31-28(2,3)4)25-17-13-19-27(21-25)32-29(5,6)7/h9-21H,8,22H2,1-7H3. The van der Waals surface area contributed by atoms with Gasteiger partial charge in [-0.25, -0.2) is 0 Å². The lowest BCUT2D eigenvalue weighted by molar-refractivity contribution is 0.130. The first-order valence-electron chi connectivity index (χ1n) is 11.6. The Morgan fingerprint density at radius 3 is 1.47 bits per heavy atom. The molecular weight excluding hydrogens is 392 g/mol. The summed E-state index contributed by atoms with van der Waals surface area (Å²) in [5.74, 6) is 1.81. The Balaban J connectivity index is 2.14. The van der Waals surface area contributed by atoms with Gasteiger partial charge in [-0.05, 0) is 95.3 Å². The van der Waals surface area contributed by atoms with E-state index in [9.17, 15) is 0 Å². The minimum Gasteiger partial charge on any atom is -0.488 e. The van der Waals surface area contributed by atoms with E-state index in [-0.39, 0.29) is 16.6 Å². The van der Waals surface area contributed by atoms with Crippen molar-refractivity contribution in [3.05, 3.63) is 95.6 Å². The van der Waals surface area contributed by atoms with Crippen molar-refractivity contribution in [2.75, 3.05) is 0 Å². The summed E-state index contributed by atoms with van der Waals surface area (Å²) in [6.45, 7) is 14.8. The lowest BCUT2D eigenvalue weighted by atomic mass is 9.68. The molecule has 2 nitrogen and oxygen atoms in total. The fraction of sp³-hybridized carbons (Fsp3) is 0.400. The Bertz CT molecular complexity index is 947. The van der Waals surface area contributed by atoms with E-state index in [1.807, 2.05) is 0 Å². The first-order valence-corrected chi connectivity index (χ1v) is 11.6. The molecule has 0 fully saturated rings. The van der Waals surface area contributed by atoms with Crippen molar-refractivity contribution in [2.45, 2.75) is 77.9 Å². The van der Waals surface area contributed by atoms with Crippen LogP contribution in [0.5, 0.6) is 11.5 Å². The summed E-state index contributed by atoms with van der Waals surface area (Å²) in [7, 11) is 0. The van der Waals surface area contributed by atoms with E-state index in [0.29, 0.717) is 0 Å². The molecule has 0 aliphatic heterocycles. The van der Waals surface area contributed by atoms with Crippen LogP contribution in [0.25, 0.3) is 0 Å². The lowest BCUT2D eigenvalue weighted by Gasteiger charge is -2.36. The molecule has 0 amide bonds. The number of hydrogen-bond donors (Lipinski definition) is 0. The molecule has 0 radical (unpaired) electrons. The molecule has 3 aromatic rings. The third kappa shape index (κ3) is 6.16. The van der Waals surface area contributed by atoms with Gasteiger partial charge in [0.15, 0.2) is 0 Å². The summed E-state index contributed by atoms with van der Waals surface area (Å²) >= 11 is 0. The van der Waals surface area contributed by atoms with E-state index >= 15 is 0 Å². The number of rotatable bonds is 7. The zero-order valence-electron chi connectivity index (χ0n) is 20.7. The molecule has 3 rings (SSSR count). The van der Waals surface area contributed by atoms with Crippen molar-refractivity contribution in [3.8, 4) is 11.5 Å². The van der Waals surface area contributed by atoms with Crippen molar-refractivity contribution in [3.63, 3.8) is 0 Å². The van der Waals surface area contributed by atoms with Crippen molar-refractivity contribution in [2.24, 2.45) is 0 Å². The van der Waals surface area contributed by atoms with Gasteiger partial charge >= 0.3 is 0 Å². The Morgan fingerprint density at radius 2 is 1.06 bits per heavy atom. The summed E-state index contributed by atoms with van der Waals surface area (Å²) in [5, 5.41) is 0. The Morgan fingerprint density at radius 1 is 0.594 bits per heavy atom. The van der Waals surface area contributed by atoms with Gasteiger partial charge < -0.3 is 9.47 Å². The molecule has 0 spiro atoms. The number of benzene rings is 3. The van der Waals surface area contributed by atoms with Gasteiger partial charge in [-0.15, -0.1) is 0 Å². The quantitative estimate of drug-likeness (QED) is 0.378. The lowest BCUT2D eigenvalue weighted by Crippen LogP contribution is -2.31. The molecular formula is C30H38O2.